The summed E-state index contributed by atoms with van der Waals surface area (Å²) in [7, 11) is 0. The van der Waals surface area contributed by atoms with Crippen LogP contribution in [-0.2, 0) is 9.47 Å². The third-order valence-corrected chi connectivity index (χ3v) is 2.69. The fourth-order valence-corrected chi connectivity index (χ4v) is 1.75. The number of hydrogen-bond donors (Lipinski definition) is 1. The molecule has 1 aromatic carbocycles. The molecule has 1 saturated heterocycles. The summed E-state index contributed by atoms with van der Waals surface area (Å²) in [5.74, 6) is 0. The summed E-state index contributed by atoms with van der Waals surface area (Å²) in [5, 5.41) is 3.45. The van der Waals surface area contributed by atoms with E-state index in [-0.39, 0.29) is 12.3 Å². The molecule has 0 spiro atoms. The van der Waals surface area contributed by atoms with E-state index < -0.39 is 0 Å². The van der Waals surface area contributed by atoms with Crippen LogP contribution in [0.5, 0.6) is 0 Å². The minimum Gasteiger partial charge on any atom is -0.325 e. The van der Waals surface area contributed by atoms with Crippen LogP contribution in [0.3, 0.4) is 0 Å². The van der Waals surface area contributed by atoms with Crippen LogP contribution < -0.4 is 5.32 Å². The number of nitrogens with one attached hydrogen (secondary N) is 1. The molecule has 2 rings (SSSR count). The molecule has 1 aliphatic rings. The molecule has 0 saturated carbocycles. The van der Waals surface area contributed by atoms with Crippen LogP contribution in [0.4, 0.5) is 0 Å². The smallest absolute Gasteiger partial charge is 0.178 e. The highest BCUT2D eigenvalue weighted by atomic mass is 16.8. The van der Waals surface area contributed by atoms with Crippen molar-refractivity contribution in [2.75, 3.05) is 6.79 Å². The molecule has 0 radical (unpaired) electrons. The first-order valence-electron chi connectivity index (χ1n) is 5.31. The van der Waals surface area contributed by atoms with Gasteiger partial charge in [-0.3, -0.25) is 0 Å². The topological polar surface area (TPSA) is 30.5 Å². The standard InChI is InChI=1S/C12H17NO2/c1-9(11-6-4-3-5-7-11)13-10(2)12-14-8-15-12/h3-7,9-10,12-13H,8H2,1-2H3. The Morgan fingerprint density at radius 2 is 1.87 bits per heavy atom. The van der Waals surface area contributed by atoms with E-state index in [1.807, 2.05) is 6.07 Å². The van der Waals surface area contributed by atoms with Gasteiger partial charge in [0, 0.05) is 6.04 Å². The molecule has 3 heteroatoms. The number of ether oxygens (including phenoxy) is 2. The van der Waals surface area contributed by atoms with E-state index in [0.717, 1.165) is 0 Å². The first-order chi connectivity index (χ1) is 7.27. The lowest BCUT2D eigenvalue weighted by molar-refractivity contribution is -0.329. The van der Waals surface area contributed by atoms with Gasteiger partial charge in [-0.1, -0.05) is 30.3 Å². The van der Waals surface area contributed by atoms with Gasteiger partial charge < -0.3 is 14.8 Å². The van der Waals surface area contributed by atoms with Crippen LogP contribution in [0, 0.1) is 0 Å². The Balaban J connectivity index is 1.88. The largest absolute Gasteiger partial charge is 0.325 e. The summed E-state index contributed by atoms with van der Waals surface area (Å²) in [6, 6.07) is 10.9. The molecule has 0 aromatic heterocycles. The summed E-state index contributed by atoms with van der Waals surface area (Å²) in [6.07, 6.45) is -0.0869. The SMILES string of the molecule is CC(NC(C)C1OCO1)c1ccccc1. The summed E-state index contributed by atoms with van der Waals surface area (Å²) >= 11 is 0. The van der Waals surface area contributed by atoms with Gasteiger partial charge in [0.2, 0.25) is 0 Å². The zero-order valence-corrected chi connectivity index (χ0v) is 9.14. The maximum atomic E-state index is 5.24. The second-order valence-electron chi connectivity index (χ2n) is 3.91. The molecule has 82 valence electrons. The quantitative estimate of drug-likeness (QED) is 0.819. The molecule has 1 aromatic rings. The van der Waals surface area contributed by atoms with Crippen molar-refractivity contribution in [1.82, 2.24) is 5.32 Å². The number of hydrogen-bond acceptors (Lipinski definition) is 3. The molecule has 1 heterocycles. The van der Waals surface area contributed by atoms with Crippen LogP contribution >= 0.6 is 0 Å². The molecule has 15 heavy (non-hydrogen) atoms. The molecule has 1 N–H and O–H groups in total. The lowest BCUT2D eigenvalue weighted by Gasteiger charge is -2.33. The predicted molar refractivity (Wildman–Crippen MR) is 58.3 cm³/mol. The van der Waals surface area contributed by atoms with E-state index in [9.17, 15) is 0 Å². The van der Waals surface area contributed by atoms with Crippen LogP contribution in [0.25, 0.3) is 0 Å². The summed E-state index contributed by atoms with van der Waals surface area (Å²) in [6.45, 7) is 4.64. The average molecular weight is 207 g/mol. The van der Waals surface area contributed by atoms with Crippen LogP contribution in [-0.4, -0.2) is 19.1 Å². The summed E-state index contributed by atoms with van der Waals surface area (Å²) < 4.78 is 10.5. The van der Waals surface area contributed by atoms with Crippen molar-refractivity contribution in [1.29, 1.82) is 0 Å². The molecule has 1 fully saturated rings. The van der Waals surface area contributed by atoms with E-state index in [1.165, 1.54) is 5.56 Å². The third kappa shape index (κ3) is 2.56. The first kappa shape index (κ1) is 10.6. The van der Waals surface area contributed by atoms with E-state index in [0.29, 0.717) is 12.8 Å². The van der Waals surface area contributed by atoms with Crippen molar-refractivity contribution in [3.8, 4) is 0 Å². The molecule has 0 aliphatic carbocycles. The Bertz CT molecular complexity index is 298. The van der Waals surface area contributed by atoms with Crippen LogP contribution in [0.15, 0.2) is 30.3 Å². The number of benzene rings is 1. The first-order valence-corrected chi connectivity index (χ1v) is 5.31. The highest BCUT2D eigenvalue weighted by Gasteiger charge is 2.26. The fraction of sp³-hybridized carbons (Fsp3) is 0.500. The van der Waals surface area contributed by atoms with Gasteiger partial charge >= 0.3 is 0 Å². The summed E-state index contributed by atoms with van der Waals surface area (Å²) in [5.41, 5.74) is 1.28. The highest BCUT2D eigenvalue weighted by molar-refractivity contribution is 5.18. The van der Waals surface area contributed by atoms with Gasteiger partial charge in [0.25, 0.3) is 0 Å². The lowest BCUT2D eigenvalue weighted by Crippen LogP contribution is -2.47. The Morgan fingerprint density at radius 1 is 1.20 bits per heavy atom. The van der Waals surface area contributed by atoms with E-state index in [4.69, 9.17) is 9.47 Å². The Kier molecular flexibility index (Phi) is 3.36. The highest BCUT2D eigenvalue weighted by Crippen LogP contribution is 2.16. The van der Waals surface area contributed by atoms with Gasteiger partial charge in [-0.15, -0.1) is 0 Å². The van der Waals surface area contributed by atoms with Gasteiger partial charge in [0.1, 0.15) is 0 Å². The molecular weight excluding hydrogens is 190 g/mol. The van der Waals surface area contributed by atoms with Crippen LogP contribution in [0.1, 0.15) is 25.5 Å². The van der Waals surface area contributed by atoms with Gasteiger partial charge in [-0.05, 0) is 19.4 Å². The van der Waals surface area contributed by atoms with Gasteiger partial charge in [0.15, 0.2) is 13.1 Å². The van der Waals surface area contributed by atoms with Crippen molar-refractivity contribution >= 4 is 0 Å². The minimum absolute atomic E-state index is 0.0869. The van der Waals surface area contributed by atoms with Crippen molar-refractivity contribution < 1.29 is 9.47 Å². The normalized spacial score (nSPS) is 20.7. The molecule has 2 unspecified atom stereocenters. The van der Waals surface area contributed by atoms with Crippen molar-refractivity contribution in [3.05, 3.63) is 35.9 Å². The molecule has 3 nitrogen and oxygen atoms in total. The average Bonchev–Trinajstić information content (AvgIpc) is 2.16. The van der Waals surface area contributed by atoms with Gasteiger partial charge in [0.05, 0.1) is 6.04 Å². The Hall–Kier alpha value is -0.900. The Labute approximate surface area is 90.4 Å². The van der Waals surface area contributed by atoms with E-state index in [2.05, 4.69) is 43.4 Å². The van der Waals surface area contributed by atoms with Crippen molar-refractivity contribution in [3.63, 3.8) is 0 Å². The second kappa shape index (κ2) is 4.75. The summed E-state index contributed by atoms with van der Waals surface area (Å²) in [4.78, 5) is 0. The number of rotatable bonds is 4. The van der Waals surface area contributed by atoms with Crippen LogP contribution in [0.2, 0.25) is 0 Å². The monoisotopic (exact) mass is 207 g/mol. The van der Waals surface area contributed by atoms with E-state index in [1.54, 1.807) is 0 Å². The minimum atomic E-state index is -0.0869. The molecule has 0 amide bonds. The second-order valence-corrected chi connectivity index (χ2v) is 3.91. The predicted octanol–water partition coefficient (Wildman–Crippen LogP) is 2.06. The maximum Gasteiger partial charge on any atom is 0.178 e. The van der Waals surface area contributed by atoms with Gasteiger partial charge in [-0.2, -0.15) is 0 Å². The van der Waals surface area contributed by atoms with Gasteiger partial charge in [-0.25, -0.2) is 0 Å². The maximum absolute atomic E-state index is 5.24. The third-order valence-electron chi connectivity index (χ3n) is 2.69. The Morgan fingerprint density at radius 3 is 2.40 bits per heavy atom. The fourth-order valence-electron chi connectivity index (χ4n) is 1.75. The zero-order chi connectivity index (χ0) is 10.7. The lowest BCUT2D eigenvalue weighted by atomic mass is 10.1. The molecular formula is C12H17NO2. The molecule has 2 atom stereocenters. The van der Waals surface area contributed by atoms with Crippen molar-refractivity contribution in [2.45, 2.75) is 32.2 Å². The molecule has 0 bridgehead atoms. The zero-order valence-electron chi connectivity index (χ0n) is 9.14. The van der Waals surface area contributed by atoms with Crippen molar-refractivity contribution in [2.24, 2.45) is 0 Å². The molecule has 1 aliphatic heterocycles. The van der Waals surface area contributed by atoms with E-state index >= 15 is 0 Å².